The highest BCUT2D eigenvalue weighted by atomic mass is 79.9. The number of aliphatic hydroxyl groups is 1. The SMILES string of the molecule is CCCCCCCCCCCCCC(=O)C(O)(C(C)C)[N+](O)(CCC)C(=O)CCCCCCCCCCCCC.[Br-]. The largest absolute Gasteiger partial charge is 1.00 e. The van der Waals surface area contributed by atoms with Gasteiger partial charge < -0.3 is 22.1 Å². The zero-order valence-electron chi connectivity index (χ0n) is 28.0. The molecule has 0 spiro atoms. The van der Waals surface area contributed by atoms with Crippen molar-refractivity contribution in [3.05, 3.63) is 0 Å². The quantitative estimate of drug-likeness (QED) is 0.0291. The Balaban J connectivity index is 0. The molecule has 1 amide bonds. The Hall–Kier alpha value is -0.300. The summed E-state index contributed by atoms with van der Waals surface area (Å²) < 4.78 is -1.16. The number of rotatable bonds is 29. The summed E-state index contributed by atoms with van der Waals surface area (Å²) in [4.78, 5) is 26.7. The summed E-state index contributed by atoms with van der Waals surface area (Å²) in [6.45, 7) is 9.92. The van der Waals surface area contributed by atoms with Crippen molar-refractivity contribution < 1.29 is 41.5 Å². The molecule has 2 N–H and O–H groups in total. The van der Waals surface area contributed by atoms with Gasteiger partial charge in [0.15, 0.2) is 0 Å². The zero-order valence-corrected chi connectivity index (χ0v) is 29.6. The minimum atomic E-state index is -2.08. The van der Waals surface area contributed by atoms with E-state index in [1.54, 1.807) is 13.8 Å². The molecule has 0 aromatic carbocycles. The molecule has 5 nitrogen and oxygen atoms in total. The van der Waals surface area contributed by atoms with Crippen LogP contribution in [0.4, 0.5) is 0 Å². The predicted octanol–water partition coefficient (Wildman–Crippen LogP) is 7.45. The highest BCUT2D eigenvalue weighted by Crippen LogP contribution is 2.33. The normalized spacial score (nSPS) is 14.4. The first kappa shape index (κ1) is 42.8. The van der Waals surface area contributed by atoms with Gasteiger partial charge in [0, 0.05) is 12.3 Å². The Morgan fingerprint density at radius 3 is 1.20 bits per heavy atom. The first-order chi connectivity index (χ1) is 19.2. The van der Waals surface area contributed by atoms with Crippen LogP contribution in [-0.4, -0.2) is 38.9 Å². The van der Waals surface area contributed by atoms with Crippen molar-refractivity contribution in [2.24, 2.45) is 5.92 Å². The molecule has 246 valence electrons. The fourth-order valence-electron chi connectivity index (χ4n) is 6.02. The molecule has 2 atom stereocenters. The molecule has 0 heterocycles. The molecule has 2 unspecified atom stereocenters. The van der Waals surface area contributed by atoms with Crippen LogP contribution in [-0.2, 0) is 9.59 Å². The Labute approximate surface area is 265 Å². The lowest BCUT2D eigenvalue weighted by Crippen LogP contribution is -3.00. The average Bonchev–Trinajstić information content (AvgIpc) is 2.93. The van der Waals surface area contributed by atoms with Crippen LogP contribution >= 0.6 is 0 Å². The molecular weight excluding hydrogens is 578 g/mol. The molecule has 41 heavy (non-hydrogen) atoms. The van der Waals surface area contributed by atoms with Crippen LogP contribution in [0.15, 0.2) is 0 Å². The Bertz CT molecular complexity index is 629. The minimum absolute atomic E-state index is 0. The Morgan fingerprint density at radius 1 is 0.561 bits per heavy atom. The number of carbonyl (C=O) groups is 2. The summed E-state index contributed by atoms with van der Waals surface area (Å²) in [6, 6.07) is 0. The van der Waals surface area contributed by atoms with E-state index in [-0.39, 0.29) is 42.2 Å². The van der Waals surface area contributed by atoms with Gasteiger partial charge in [-0.2, -0.15) is 0 Å². The number of hydroxylamine groups is 3. The second kappa shape index (κ2) is 27.3. The van der Waals surface area contributed by atoms with Crippen molar-refractivity contribution in [2.75, 3.05) is 6.54 Å². The average molecular weight is 649 g/mol. The predicted molar refractivity (Wildman–Crippen MR) is 169 cm³/mol. The molecule has 0 rings (SSSR count). The number of unbranched alkanes of at least 4 members (excludes halogenated alkanes) is 20. The van der Waals surface area contributed by atoms with E-state index in [0.29, 0.717) is 19.3 Å². The van der Waals surface area contributed by atoms with Crippen LogP contribution in [0, 0.1) is 5.92 Å². The molecule has 0 fully saturated rings. The number of nitrogens with zero attached hydrogens (tertiary/aromatic N) is 1. The summed E-state index contributed by atoms with van der Waals surface area (Å²) in [5, 5.41) is 23.3. The van der Waals surface area contributed by atoms with E-state index < -0.39 is 22.2 Å². The van der Waals surface area contributed by atoms with E-state index in [1.165, 1.54) is 103 Å². The fraction of sp³-hybridized carbons (Fsp3) is 0.943. The number of quaternary nitrogens is 1. The van der Waals surface area contributed by atoms with Crippen LogP contribution < -0.4 is 17.0 Å². The van der Waals surface area contributed by atoms with Gasteiger partial charge in [0.2, 0.25) is 5.78 Å². The molecule has 0 bridgehead atoms. The number of hydrogen-bond acceptors (Lipinski definition) is 4. The molecule has 0 aliphatic rings. The van der Waals surface area contributed by atoms with E-state index in [1.807, 2.05) is 6.92 Å². The Morgan fingerprint density at radius 2 is 0.878 bits per heavy atom. The van der Waals surface area contributed by atoms with Gasteiger partial charge in [-0.1, -0.05) is 168 Å². The molecule has 0 saturated carbocycles. The number of hydrogen-bond donors (Lipinski definition) is 2. The van der Waals surface area contributed by atoms with Crippen LogP contribution in [0.25, 0.3) is 0 Å². The maximum atomic E-state index is 13.4. The highest BCUT2D eigenvalue weighted by molar-refractivity contribution is 5.87. The van der Waals surface area contributed by atoms with Gasteiger partial charge in [-0.25, -0.2) is 10.0 Å². The van der Waals surface area contributed by atoms with Gasteiger partial charge in [0.05, 0.1) is 6.42 Å². The van der Waals surface area contributed by atoms with Crippen molar-refractivity contribution >= 4 is 11.7 Å². The molecule has 0 aromatic rings. The van der Waals surface area contributed by atoms with Crippen molar-refractivity contribution in [2.45, 2.75) is 201 Å². The standard InChI is InChI=1S/C35H70NO4.BrH/c1-6-9-11-13-15-17-19-21-23-25-27-29-33(37)35(39,32(4)5)36(40,31-8-3)34(38)30-28-26-24-22-20-18-16-14-12-10-7-2;/h32,39-40H,6-31H2,1-5H3;1H/q+1;/p-1. The number of Topliss-reactive ketones (excluding diaryl/α,β-unsaturated/α-hetero) is 1. The third-order valence-corrected chi connectivity index (χ3v) is 8.74. The second-order valence-corrected chi connectivity index (χ2v) is 12.8. The molecule has 0 aliphatic heterocycles. The Kier molecular flexibility index (Phi) is 28.5. The van der Waals surface area contributed by atoms with Gasteiger partial charge in [-0.15, -0.1) is 0 Å². The van der Waals surface area contributed by atoms with Gasteiger partial charge in [0.25, 0.3) is 5.72 Å². The summed E-state index contributed by atoms with van der Waals surface area (Å²) in [7, 11) is 0. The molecule has 0 radical (unpaired) electrons. The van der Waals surface area contributed by atoms with Crippen molar-refractivity contribution in [3.8, 4) is 0 Å². The lowest BCUT2D eigenvalue weighted by molar-refractivity contribution is -1.09. The number of amides is 1. The third kappa shape index (κ3) is 17.6. The summed E-state index contributed by atoms with van der Waals surface area (Å²) in [6.07, 6.45) is 27.1. The van der Waals surface area contributed by atoms with E-state index in [2.05, 4.69) is 13.8 Å². The lowest BCUT2D eigenvalue weighted by atomic mass is 9.88. The van der Waals surface area contributed by atoms with Crippen LogP contribution in [0.2, 0.25) is 0 Å². The third-order valence-electron chi connectivity index (χ3n) is 8.74. The lowest BCUT2D eigenvalue weighted by Gasteiger charge is -2.42. The summed E-state index contributed by atoms with van der Waals surface area (Å²) in [5.74, 6) is -1.35. The van der Waals surface area contributed by atoms with Crippen molar-refractivity contribution in [1.82, 2.24) is 0 Å². The highest BCUT2D eigenvalue weighted by Gasteiger charge is 2.61. The van der Waals surface area contributed by atoms with E-state index in [0.717, 1.165) is 25.7 Å². The number of ketones is 1. The molecular formula is C35H70BrNO4. The number of halogens is 1. The smallest absolute Gasteiger partial charge is 0.348 e. The maximum absolute atomic E-state index is 13.4. The van der Waals surface area contributed by atoms with Crippen LogP contribution in [0.3, 0.4) is 0 Å². The van der Waals surface area contributed by atoms with Gasteiger partial charge in [-0.3, -0.25) is 4.79 Å². The molecule has 0 aromatic heterocycles. The molecule has 6 heteroatoms. The minimum Gasteiger partial charge on any atom is -1.00 e. The zero-order chi connectivity index (χ0) is 30.1. The van der Waals surface area contributed by atoms with Crippen molar-refractivity contribution in [3.63, 3.8) is 0 Å². The number of carbonyl (C=O) groups excluding carboxylic acids is 2. The van der Waals surface area contributed by atoms with Crippen molar-refractivity contribution in [1.29, 1.82) is 0 Å². The summed E-state index contributed by atoms with van der Waals surface area (Å²) >= 11 is 0. The first-order valence-electron chi connectivity index (χ1n) is 17.6. The van der Waals surface area contributed by atoms with E-state index in [9.17, 15) is 19.9 Å². The van der Waals surface area contributed by atoms with Gasteiger partial charge in [-0.05, 0) is 19.3 Å². The van der Waals surface area contributed by atoms with E-state index in [4.69, 9.17) is 0 Å². The first-order valence-corrected chi connectivity index (χ1v) is 17.6. The second-order valence-electron chi connectivity index (χ2n) is 12.8. The van der Waals surface area contributed by atoms with Crippen LogP contribution in [0.5, 0.6) is 0 Å². The maximum Gasteiger partial charge on any atom is 0.348 e. The fourth-order valence-corrected chi connectivity index (χ4v) is 6.02. The molecule has 0 saturated heterocycles. The monoisotopic (exact) mass is 647 g/mol. The summed E-state index contributed by atoms with van der Waals surface area (Å²) in [5.41, 5.74) is -2.08. The van der Waals surface area contributed by atoms with Crippen LogP contribution in [0.1, 0.15) is 195 Å². The van der Waals surface area contributed by atoms with E-state index >= 15 is 0 Å². The van der Waals surface area contributed by atoms with Gasteiger partial charge >= 0.3 is 5.91 Å². The topological polar surface area (TPSA) is 74.6 Å². The molecule has 0 aliphatic carbocycles. The van der Waals surface area contributed by atoms with Gasteiger partial charge in [0.1, 0.15) is 6.54 Å².